The fourth-order valence-electron chi connectivity index (χ4n) is 2.42. The van der Waals surface area contributed by atoms with E-state index in [0.29, 0.717) is 32.0 Å². The second-order valence-corrected chi connectivity index (χ2v) is 4.67. The molecule has 2 nitrogen and oxygen atoms in total. The average molecular weight is 219 g/mol. The van der Waals surface area contributed by atoms with Crippen molar-refractivity contribution in [3.8, 4) is 0 Å². The van der Waals surface area contributed by atoms with Crippen molar-refractivity contribution in [2.24, 2.45) is 5.92 Å². The predicted molar refractivity (Wildman–Crippen MR) is 54.1 cm³/mol. The van der Waals surface area contributed by atoms with Crippen LogP contribution in [0.15, 0.2) is 0 Å². The van der Waals surface area contributed by atoms with Gasteiger partial charge in [0.1, 0.15) is 0 Å². The fraction of sp³-hybridized carbons (Fsp3) is 1.00. The molecule has 2 fully saturated rings. The summed E-state index contributed by atoms with van der Waals surface area (Å²) in [4.78, 5) is 0. The molecule has 0 aromatic rings. The zero-order chi connectivity index (χ0) is 10.7. The van der Waals surface area contributed by atoms with Crippen molar-refractivity contribution in [1.82, 2.24) is 5.32 Å². The van der Waals surface area contributed by atoms with Crippen LogP contribution >= 0.6 is 0 Å². The van der Waals surface area contributed by atoms with E-state index >= 15 is 0 Å². The summed E-state index contributed by atoms with van der Waals surface area (Å²) in [5, 5.41) is 3.20. The molecule has 88 valence electrons. The van der Waals surface area contributed by atoms with Gasteiger partial charge < -0.3 is 10.1 Å². The lowest BCUT2D eigenvalue weighted by molar-refractivity contribution is -0.0849. The summed E-state index contributed by atoms with van der Waals surface area (Å²) in [6.07, 6.45) is 3.31. The average Bonchev–Trinajstić information content (AvgIpc) is 2.68. The van der Waals surface area contributed by atoms with Gasteiger partial charge in [-0.15, -0.1) is 0 Å². The molecule has 0 radical (unpaired) electrons. The highest BCUT2D eigenvalue weighted by molar-refractivity contribution is 4.84. The fourth-order valence-corrected chi connectivity index (χ4v) is 2.42. The number of ether oxygens (including phenoxy) is 1. The second kappa shape index (κ2) is 4.74. The number of nitrogens with one attached hydrogen (secondary N) is 1. The van der Waals surface area contributed by atoms with Gasteiger partial charge in [0.25, 0.3) is 5.92 Å². The number of rotatable bonds is 3. The van der Waals surface area contributed by atoms with E-state index in [1.54, 1.807) is 0 Å². The van der Waals surface area contributed by atoms with Gasteiger partial charge in [-0.3, -0.25) is 0 Å². The summed E-state index contributed by atoms with van der Waals surface area (Å²) < 4.78 is 32.1. The highest BCUT2D eigenvalue weighted by Crippen LogP contribution is 2.37. The highest BCUT2D eigenvalue weighted by Gasteiger charge is 2.41. The van der Waals surface area contributed by atoms with Crippen LogP contribution in [0.3, 0.4) is 0 Å². The summed E-state index contributed by atoms with van der Waals surface area (Å²) in [5.41, 5.74) is 0. The molecule has 1 heterocycles. The second-order valence-electron chi connectivity index (χ2n) is 4.67. The zero-order valence-corrected chi connectivity index (χ0v) is 8.98. The topological polar surface area (TPSA) is 21.3 Å². The summed E-state index contributed by atoms with van der Waals surface area (Å²) in [7, 11) is 0. The van der Waals surface area contributed by atoms with Crippen molar-refractivity contribution in [1.29, 1.82) is 0 Å². The monoisotopic (exact) mass is 219 g/mol. The van der Waals surface area contributed by atoms with Crippen molar-refractivity contribution < 1.29 is 13.5 Å². The molecule has 0 aromatic carbocycles. The maximum absolute atomic E-state index is 13.5. The van der Waals surface area contributed by atoms with Crippen molar-refractivity contribution >= 4 is 0 Å². The normalized spacial score (nSPS) is 35.6. The van der Waals surface area contributed by atoms with Gasteiger partial charge in [0.05, 0.1) is 6.61 Å². The molecule has 4 heteroatoms. The van der Waals surface area contributed by atoms with Crippen LogP contribution in [0.1, 0.15) is 32.1 Å². The Morgan fingerprint density at radius 3 is 2.80 bits per heavy atom. The van der Waals surface area contributed by atoms with Gasteiger partial charge >= 0.3 is 0 Å². The quantitative estimate of drug-likeness (QED) is 0.785. The maximum Gasteiger partial charge on any atom is 0.252 e. The lowest BCUT2D eigenvalue weighted by Gasteiger charge is -2.32. The minimum atomic E-state index is -2.45. The number of alkyl halides is 2. The summed E-state index contributed by atoms with van der Waals surface area (Å²) in [6, 6.07) is 0.294. The van der Waals surface area contributed by atoms with Crippen molar-refractivity contribution in [3.63, 3.8) is 0 Å². The Kier molecular flexibility index (Phi) is 3.57. The Balaban J connectivity index is 1.76. The summed E-state index contributed by atoms with van der Waals surface area (Å²) in [6.45, 7) is 1.89. The molecule has 1 N–H and O–H groups in total. The van der Waals surface area contributed by atoms with Crippen molar-refractivity contribution in [2.75, 3.05) is 19.8 Å². The van der Waals surface area contributed by atoms with Crippen LogP contribution in [0, 0.1) is 5.92 Å². The third kappa shape index (κ3) is 2.88. The molecule has 0 unspecified atom stereocenters. The van der Waals surface area contributed by atoms with Gasteiger partial charge in [0, 0.05) is 31.5 Å². The van der Waals surface area contributed by atoms with Crippen molar-refractivity contribution in [2.45, 2.75) is 44.1 Å². The van der Waals surface area contributed by atoms with E-state index < -0.39 is 11.8 Å². The van der Waals surface area contributed by atoms with Crippen molar-refractivity contribution in [3.05, 3.63) is 0 Å². The Bertz CT molecular complexity index is 205. The van der Waals surface area contributed by atoms with Crippen LogP contribution in [-0.4, -0.2) is 31.7 Å². The number of halogens is 2. The third-order valence-corrected chi connectivity index (χ3v) is 3.49. The Morgan fingerprint density at radius 2 is 2.13 bits per heavy atom. The van der Waals surface area contributed by atoms with Crippen LogP contribution in [-0.2, 0) is 4.74 Å². The number of hydrogen-bond donors (Lipinski definition) is 1. The molecular formula is C11H19F2NO. The van der Waals surface area contributed by atoms with Crippen LogP contribution < -0.4 is 5.32 Å². The van der Waals surface area contributed by atoms with Crippen LogP contribution in [0.4, 0.5) is 8.78 Å². The minimum Gasteiger partial charge on any atom is -0.380 e. The van der Waals surface area contributed by atoms with Gasteiger partial charge in [-0.1, -0.05) is 6.42 Å². The smallest absolute Gasteiger partial charge is 0.252 e. The van der Waals surface area contributed by atoms with E-state index in [9.17, 15) is 8.78 Å². The first-order valence-corrected chi connectivity index (χ1v) is 5.87. The minimum absolute atomic E-state index is 0.0700. The standard InChI is InChI=1S/C11H19F2NO/c12-11(13)5-2-1-3-9(11)7-14-10-4-6-15-8-10/h9-10,14H,1-8H2/t9-,10+/m1/s1. The molecule has 2 rings (SSSR count). The van der Waals surface area contributed by atoms with E-state index in [0.717, 1.165) is 19.4 Å². The van der Waals surface area contributed by atoms with Gasteiger partial charge in [0.2, 0.25) is 0 Å². The first kappa shape index (κ1) is 11.3. The van der Waals surface area contributed by atoms with Gasteiger partial charge in [0.15, 0.2) is 0 Å². The van der Waals surface area contributed by atoms with E-state index in [1.807, 2.05) is 0 Å². The maximum atomic E-state index is 13.5. The van der Waals surface area contributed by atoms with Gasteiger partial charge in [-0.05, 0) is 19.3 Å². The van der Waals surface area contributed by atoms with Gasteiger partial charge in [-0.2, -0.15) is 0 Å². The Hall–Kier alpha value is -0.220. The Labute approximate surface area is 89.4 Å². The van der Waals surface area contributed by atoms with E-state index in [4.69, 9.17) is 4.74 Å². The number of hydrogen-bond acceptors (Lipinski definition) is 2. The first-order chi connectivity index (χ1) is 7.18. The van der Waals surface area contributed by atoms with Crippen LogP contribution in [0.2, 0.25) is 0 Å². The zero-order valence-electron chi connectivity index (χ0n) is 8.98. The third-order valence-electron chi connectivity index (χ3n) is 3.49. The van der Waals surface area contributed by atoms with E-state index in [2.05, 4.69) is 5.32 Å². The molecule has 15 heavy (non-hydrogen) atoms. The molecule has 2 aliphatic rings. The van der Waals surface area contributed by atoms with E-state index in [1.165, 1.54) is 0 Å². The lowest BCUT2D eigenvalue weighted by Crippen LogP contribution is -2.42. The summed E-state index contributed by atoms with van der Waals surface area (Å²) in [5.74, 6) is -2.92. The summed E-state index contributed by atoms with van der Waals surface area (Å²) >= 11 is 0. The molecule has 0 aromatic heterocycles. The molecule has 1 aliphatic heterocycles. The largest absolute Gasteiger partial charge is 0.380 e. The van der Waals surface area contributed by atoms with Gasteiger partial charge in [-0.25, -0.2) is 8.78 Å². The lowest BCUT2D eigenvalue weighted by atomic mass is 9.85. The first-order valence-electron chi connectivity index (χ1n) is 5.87. The molecule has 1 saturated carbocycles. The Morgan fingerprint density at radius 1 is 1.27 bits per heavy atom. The molecule has 0 bridgehead atoms. The SMILES string of the molecule is FC1(F)CCCC[C@@H]1CN[C@H]1CCOC1. The van der Waals surface area contributed by atoms with E-state index in [-0.39, 0.29) is 6.42 Å². The molecule has 0 amide bonds. The van der Waals surface area contributed by atoms with Crippen LogP contribution in [0.25, 0.3) is 0 Å². The molecular weight excluding hydrogens is 200 g/mol. The molecule has 1 aliphatic carbocycles. The highest BCUT2D eigenvalue weighted by atomic mass is 19.3. The molecule has 2 atom stereocenters. The van der Waals surface area contributed by atoms with Crippen LogP contribution in [0.5, 0.6) is 0 Å². The molecule has 0 spiro atoms. The molecule has 1 saturated heterocycles. The predicted octanol–water partition coefficient (Wildman–Crippen LogP) is 2.19.